The molecule has 1 heterocycles. The molecule has 1 saturated heterocycles. The van der Waals surface area contributed by atoms with Crippen LogP contribution in [-0.4, -0.2) is 12.1 Å². The molecule has 2 saturated carbocycles. The lowest BCUT2D eigenvalue weighted by Gasteiger charge is -2.27. The van der Waals surface area contributed by atoms with Crippen molar-refractivity contribution in [3.05, 3.63) is 35.4 Å². The van der Waals surface area contributed by atoms with Crippen molar-refractivity contribution in [1.82, 2.24) is 27.2 Å². The van der Waals surface area contributed by atoms with E-state index < -0.39 is 23.8 Å². The van der Waals surface area contributed by atoms with Crippen molar-refractivity contribution < 1.29 is 13.6 Å². The number of amides is 1. The van der Waals surface area contributed by atoms with Crippen LogP contribution in [0, 0.1) is 29.4 Å². The zero-order valence-electron chi connectivity index (χ0n) is 13.8. The summed E-state index contributed by atoms with van der Waals surface area (Å²) >= 11 is 0. The van der Waals surface area contributed by atoms with Gasteiger partial charge in [0.25, 0.3) is 0 Å². The number of rotatable bonds is 5. The molecule has 4 atom stereocenters. The molecule has 2 aliphatic carbocycles. The molecular formula is C17H23F2N5O. The molecule has 0 spiro atoms. The van der Waals surface area contributed by atoms with Gasteiger partial charge < -0.3 is 5.32 Å². The van der Waals surface area contributed by atoms with Crippen LogP contribution in [0.4, 0.5) is 8.78 Å². The van der Waals surface area contributed by atoms with Crippen LogP contribution >= 0.6 is 0 Å². The van der Waals surface area contributed by atoms with Crippen molar-refractivity contribution in [3.63, 3.8) is 0 Å². The molecule has 25 heavy (non-hydrogen) atoms. The van der Waals surface area contributed by atoms with E-state index in [1.807, 2.05) is 0 Å². The number of hydrazine groups is 3. The molecule has 2 bridgehead atoms. The van der Waals surface area contributed by atoms with Gasteiger partial charge in [-0.05, 0) is 55.2 Å². The number of carbonyl (C=O) groups excluding carboxylic acids is 1. The van der Waals surface area contributed by atoms with E-state index in [1.165, 1.54) is 19.3 Å². The third kappa shape index (κ3) is 3.52. The Labute approximate surface area is 145 Å². The number of nitrogens with one attached hydrogen (secondary N) is 5. The molecule has 0 radical (unpaired) electrons. The average molecular weight is 351 g/mol. The number of halogens is 2. The Bertz CT molecular complexity index is 652. The topological polar surface area (TPSA) is 77.2 Å². The summed E-state index contributed by atoms with van der Waals surface area (Å²) in [4.78, 5) is 12.6. The zero-order chi connectivity index (χ0) is 17.4. The van der Waals surface area contributed by atoms with Crippen LogP contribution in [0.2, 0.25) is 0 Å². The van der Waals surface area contributed by atoms with Gasteiger partial charge in [0.2, 0.25) is 5.91 Å². The summed E-state index contributed by atoms with van der Waals surface area (Å²) in [6.07, 6.45) is 4.78. The Kier molecular flexibility index (Phi) is 4.68. The van der Waals surface area contributed by atoms with Gasteiger partial charge in [0.1, 0.15) is 17.8 Å². The molecular weight excluding hydrogens is 328 g/mol. The maximum Gasteiger partial charge on any atom is 0.220 e. The number of fused-ring (bicyclic) bond motifs is 2. The van der Waals surface area contributed by atoms with E-state index in [4.69, 9.17) is 0 Å². The first kappa shape index (κ1) is 16.8. The maximum absolute atomic E-state index is 14.2. The molecule has 1 aromatic carbocycles. The molecule has 3 fully saturated rings. The van der Waals surface area contributed by atoms with Crippen molar-refractivity contribution in [1.29, 1.82) is 0 Å². The van der Waals surface area contributed by atoms with Crippen LogP contribution in [-0.2, 0) is 4.79 Å². The Morgan fingerprint density at radius 1 is 1.20 bits per heavy atom. The summed E-state index contributed by atoms with van der Waals surface area (Å²) in [6, 6.07) is 2.53. The minimum atomic E-state index is -0.746. The Balaban J connectivity index is 1.48. The van der Waals surface area contributed by atoms with E-state index in [2.05, 4.69) is 27.2 Å². The number of hydrogen-bond donors (Lipinski definition) is 5. The van der Waals surface area contributed by atoms with Crippen molar-refractivity contribution >= 4 is 5.91 Å². The summed E-state index contributed by atoms with van der Waals surface area (Å²) in [7, 11) is 0. The molecule has 8 heteroatoms. The fourth-order valence-corrected chi connectivity index (χ4v) is 4.62. The lowest BCUT2D eigenvalue weighted by molar-refractivity contribution is -0.123. The molecule has 0 aromatic heterocycles. The first-order valence-electron chi connectivity index (χ1n) is 8.85. The Morgan fingerprint density at radius 3 is 2.68 bits per heavy atom. The zero-order valence-corrected chi connectivity index (χ0v) is 13.8. The molecule has 4 unspecified atom stereocenters. The standard InChI is InChI=1S/C17H23F2N5O/c18-12-3-4-14(19)13(8-12)16(17-21-23-24-22-17)20-15(25)7-11-6-9-1-2-10(11)5-9/h3-4,8-11,16-17,21-24H,1-2,5-7H2,(H,20,25). The SMILES string of the molecule is O=C(CC1CC2CCC1C2)NC(c1cc(F)ccc1F)C1NNNN1. The van der Waals surface area contributed by atoms with Gasteiger partial charge in [0.15, 0.2) is 0 Å². The summed E-state index contributed by atoms with van der Waals surface area (Å²) in [5.41, 5.74) is 11.1. The molecule has 1 amide bonds. The van der Waals surface area contributed by atoms with Gasteiger partial charge in [0, 0.05) is 12.0 Å². The lowest BCUT2D eigenvalue weighted by Crippen LogP contribution is -2.48. The predicted octanol–water partition coefficient (Wildman–Crippen LogP) is 1.39. The van der Waals surface area contributed by atoms with Crippen LogP contribution in [0.5, 0.6) is 0 Å². The molecule has 5 N–H and O–H groups in total. The molecule has 1 aliphatic heterocycles. The van der Waals surface area contributed by atoms with Crippen molar-refractivity contribution in [3.8, 4) is 0 Å². The van der Waals surface area contributed by atoms with Crippen LogP contribution in [0.3, 0.4) is 0 Å². The highest BCUT2D eigenvalue weighted by molar-refractivity contribution is 5.77. The molecule has 1 aromatic rings. The van der Waals surface area contributed by atoms with Gasteiger partial charge in [-0.25, -0.2) is 19.6 Å². The largest absolute Gasteiger partial charge is 0.346 e. The first-order chi connectivity index (χ1) is 12.1. The minimum absolute atomic E-state index is 0.108. The smallest absolute Gasteiger partial charge is 0.220 e. The number of hydrogen-bond acceptors (Lipinski definition) is 5. The van der Waals surface area contributed by atoms with Crippen LogP contribution < -0.4 is 27.2 Å². The van der Waals surface area contributed by atoms with E-state index in [0.29, 0.717) is 18.3 Å². The highest BCUT2D eigenvalue weighted by Crippen LogP contribution is 2.49. The van der Waals surface area contributed by atoms with Crippen molar-refractivity contribution in [2.75, 3.05) is 0 Å². The van der Waals surface area contributed by atoms with Gasteiger partial charge >= 0.3 is 0 Å². The van der Waals surface area contributed by atoms with Crippen molar-refractivity contribution in [2.45, 2.75) is 44.3 Å². The summed E-state index contributed by atoms with van der Waals surface area (Å²) in [5.74, 6) is 0.612. The van der Waals surface area contributed by atoms with Crippen LogP contribution in [0.15, 0.2) is 18.2 Å². The molecule has 3 aliphatic rings. The number of carbonyl (C=O) groups is 1. The van der Waals surface area contributed by atoms with Crippen LogP contribution in [0.1, 0.15) is 43.7 Å². The highest BCUT2D eigenvalue weighted by atomic mass is 19.1. The summed E-state index contributed by atoms with van der Waals surface area (Å²) in [6.45, 7) is 0. The van der Waals surface area contributed by atoms with E-state index in [1.54, 1.807) is 0 Å². The van der Waals surface area contributed by atoms with E-state index in [-0.39, 0.29) is 11.5 Å². The van der Waals surface area contributed by atoms with E-state index in [9.17, 15) is 13.6 Å². The third-order valence-electron chi connectivity index (χ3n) is 5.79. The normalized spacial score (nSPS) is 29.9. The van der Waals surface area contributed by atoms with Gasteiger partial charge in [0.05, 0.1) is 6.04 Å². The summed E-state index contributed by atoms with van der Waals surface area (Å²) < 4.78 is 27.8. The quantitative estimate of drug-likeness (QED) is 0.554. The van der Waals surface area contributed by atoms with Gasteiger partial charge in [-0.15, -0.1) is 0 Å². The van der Waals surface area contributed by atoms with Gasteiger partial charge in [-0.3, -0.25) is 4.79 Å². The fraction of sp³-hybridized carbons (Fsp3) is 0.588. The maximum atomic E-state index is 14.2. The second-order valence-electron chi connectivity index (χ2n) is 7.37. The Hall–Kier alpha value is -1.61. The van der Waals surface area contributed by atoms with Gasteiger partial charge in [-0.1, -0.05) is 6.42 Å². The highest BCUT2D eigenvalue weighted by Gasteiger charge is 2.40. The number of benzene rings is 1. The minimum Gasteiger partial charge on any atom is -0.346 e. The van der Waals surface area contributed by atoms with Crippen LogP contribution in [0.25, 0.3) is 0 Å². The molecule has 136 valence electrons. The molecule has 6 nitrogen and oxygen atoms in total. The monoisotopic (exact) mass is 351 g/mol. The second kappa shape index (κ2) is 6.95. The van der Waals surface area contributed by atoms with E-state index >= 15 is 0 Å². The Morgan fingerprint density at radius 2 is 2.00 bits per heavy atom. The first-order valence-corrected chi connectivity index (χ1v) is 8.85. The lowest BCUT2D eigenvalue weighted by atomic mass is 9.86. The average Bonchev–Trinajstić information content (AvgIpc) is 3.32. The fourth-order valence-electron chi connectivity index (χ4n) is 4.62. The predicted molar refractivity (Wildman–Crippen MR) is 87.1 cm³/mol. The second-order valence-corrected chi connectivity index (χ2v) is 7.37. The third-order valence-corrected chi connectivity index (χ3v) is 5.79. The summed E-state index contributed by atoms with van der Waals surface area (Å²) in [5, 5.41) is 2.88. The van der Waals surface area contributed by atoms with Gasteiger partial charge in [-0.2, -0.15) is 11.1 Å². The van der Waals surface area contributed by atoms with Crippen molar-refractivity contribution in [2.24, 2.45) is 17.8 Å². The van der Waals surface area contributed by atoms with E-state index in [0.717, 1.165) is 30.5 Å². The molecule has 4 rings (SSSR count).